The Morgan fingerprint density at radius 2 is 1.93 bits per heavy atom. The first kappa shape index (κ1) is 31.4. The van der Waals surface area contributed by atoms with Gasteiger partial charge in [0.2, 0.25) is 11.8 Å². The molecular weight excluding hydrogens is 662 g/mol. The van der Waals surface area contributed by atoms with Crippen LogP contribution in [0.2, 0.25) is 0 Å². The number of amides is 2. The van der Waals surface area contributed by atoms with Crippen molar-refractivity contribution in [3.8, 4) is 16.9 Å². The van der Waals surface area contributed by atoms with Gasteiger partial charge in [0.15, 0.2) is 12.1 Å². The molecule has 3 N–H and O–H groups in total. The number of hydrogen-bond acceptors (Lipinski definition) is 8. The molecule has 0 saturated carbocycles. The molecule has 2 amide bonds. The zero-order valence-corrected chi connectivity index (χ0v) is 26.0. The molecule has 0 radical (unpaired) electrons. The predicted octanol–water partition coefficient (Wildman–Crippen LogP) is 3.86. The first-order valence-corrected chi connectivity index (χ1v) is 15.9. The number of nitrogens with one attached hydrogen (secondary N) is 1. The summed E-state index contributed by atoms with van der Waals surface area (Å²) in [6.45, 7) is 2.40. The maximum Gasteiger partial charge on any atom is 0.362 e. The summed E-state index contributed by atoms with van der Waals surface area (Å²) in [5.41, 5.74) is 1.45. The van der Waals surface area contributed by atoms with Crippen molar-refractivity contribution in [2.45, 2.75) is 39.0 Å². The summed E-state index contributed by atoms with van der Waals surface area (Å²) < 4.78 is 33.7. The SMILES string of the molecule is CC(=O)c1cn(CC(=O)N2C[C@H](F)CC2C(=O)Nc2cccc(Br)n2)c2cc(OCP(=O)(O)O)c(-c3cnc(C)nc3)cc12. The number of carbonyl (C=O) groups excluding carboxylic acids is 3. The predicted molar refractivity (Wildman–Crippen MR) is 161 cm³/mol. The fourth-order valence-corrected chi connectivity index (χ4v) is 5.64. The Bertz CT molecular complexity index is 1810. The molecule has 4 heterocycles. The normalized spacial score (nSPS) is 16.7. The van der Waals surface area contributed by atoms with Crippen LogP contribution in [0, 0.1) is 6.92 Å². The Hall–Kier alpha value is -4.04. The Kier molecular flexibility index (Phi) is 8.93. The van der Waals surface area contributed by atoms with Crippen LogP contribution in [0.3, 0.4) is 0 Å². The van der Waals surface area contributed by atoms with Crippen molar-refractivity contribution in [1.82, 2.24) is 24.4 Å². The number of ether oxygens (including phenoxy) is 1. The molecule has 1 aliphatic heterocycles. The number of aryl methyl sites for hydroxylation is 1. The molecule has 1 aromatic carbocycles. The Balaban J connectivity index is 1.50. The van der Waals surface area contributed by atoms with Crippen LogP contribution in [-0.4, -0.2) is 76.9 Å². The number of anilines is 1. The highest BCUT2D eigenvalue weighted by atomic mass is 79.9. The average Bonchev–Trinajstić information content (AvgIpc) is 3.52. The van der Waals surface area contributed by atoms with E-state index < -0.39 is 38.0 Å². The van der Waals surface area contributed by atoms with Crippen LogP contribution in [-0.2, 0) is 20.7 Å². The van der Waals surface area contributed by atoms with Crippen molar-refractivity contribution in [3.63, 3.8) is 0 Å². The lowest BCUT2D eigenvalue weighted by Gasteiger charge is -2.24. The van der Waals surface area contributed by atoms with E-state index in [1.54, 1.807) is 31.2 Å². The number of ketones is 1. The molecule has 1 fully saturated rings. The second-order valence-corrected chi connectivity index (χ2v) is 12.7. The molecule has 5 rings (SSSR count). The molecule has 2 atom stereocenters. The highest BCUT2D eigenvalue weighted by Gasteiger charge is 2.40. The summed E-state index contributed by atoms with van der Waals surface area (Å²) in [6.07, 6.45) is 1.95. The minimum atomic E-state index is -4.58. The van der Waals surface area contributed by atoms with Crippen molar-refractivity contribution < 1.29 is 37.9 Å². The minimum absolute atomic E-state index is 0.0546. The van der Waals surface area contributed by atoms with E-state index in [0.717, 1.165) is 4.90 Å². The van der Waals surface area contributed by atoms with Gasteiger partial charge in [0.1, 0.15) is 40.8 Å². The number of alkyl halides is 1. The van der Waals surface area contributed by atoms with E-state index in [9.17, 15) is 33.1 Å². The van der Waals surface area contributed by atoms with Gasteiger partial charge in [0.25, 0.3) is 0 Å². The van der Waals surface area contributed by atoms with E-state index >= 15 is 0 Å². The largest absolute Gasteiger partial charge is 0.480 e. The summed E-state index contributed by atoms with van der Waals surface area (Å²) >= 11 is 3.23. The van der Waals surface area contributed by atoms with Crippen LogP contribution < -0.4 is 10.1 Å². The number of Topliss-reactive ketones (excluding diaryl/α,β-unsaturated/α-hetero) is 1. The maximum absolute atomic E-state index is 14.6. The number of fused-ring (bicyclic) bond motifs is 1. The maximum atomic E-state index is 14.6. The third-order valence-electron chi connectivity index (χ3n) is 6.99. The van der Waals surface area contributed by atoms with Gasteiger partial charge in [0.05, 0.1) is 12.1 Å². The summed E-state index contributed by atoms with van der Waals surface area (Å²) in [6, 6.07) is 6.88. The number of nitrogens with zero attached hydrogens (tertiary/aromatic N) is 5. The van der Waals surface area contributed by atoms with Crippen molar-refractivity contribution in [1.29, 1.82) is 0 Å². The number of pyridine rings is 1. The van der Waals surface area contributed by atoms with Gasteiger partial charge < -0.3 is 29.3 Å². The van der Waals surface area contributed by atoms with E-state index in [2.05, 4.69) is 36.2 Å². The molecule has 3 aromatic heterocycles. The van der Waals surface area contributed by atoms with E-state index in [1.807, 2.05) is 0 Å². The van der Waals surface area contributed by atoms with Gasteiger partial charge in [-0.1, -0.05) is 6.07 Å². The molecule has 16 heteroatoms. The summed E-state index contributed by atoms with van der Waals surface area (Å²) in [7, 11) is -4.58. The summed E-state index contributed by atoms with van der Waals surface area (Å²) in [5, 5.41) is 3.05. The molecule has 4 aromatic rings. The molecule has 1 unspecified atom stereocenters. The van der Waals surface area contributed by atoms with Crippen molar-refractivity contribution in [3.05, 3.63) is 64.9 Å². The minimum Gasteiger partial charge on any atom is -0.480 e. The number of hydrogen-bond donors (Lipinski definition) is 3. The Morgan fingerprint density at radius 3 is 2.59 bits per heavy atom. The zero-order chi connectivity index (χ0) is 31.8. The molecule has 0 bridgehead atoms. The van der Waals surface area contributed by atoms with E-state index in [0.29, 0.717) is 32.5 Å². The second kappa shape index (κ2) is 12.5. The molecule has 0 aliphatic carbocycles. The molecule has 44 heavy (non-hydrogen) atoms. The van der Waals surface area contributed by atoms with Gasteiger partial charge in [-0.2, -0.15) is 0 Å². The van der Waals surface area contributed by atoms with Crippen molar-refractivity contribution in [2.75, 3.05) is 18.2 Å². The van der Waals surface area contributed by atoms with Gasteiger partial charge >= 0.3 is 7.60 Å². The quantitative estimate of drug-likeness (QED) is 0.133. The summed E-state index contributed by atoms with van der Waals surface area (Å²) in [4.78, 5) is 71.8. The third-order valence-corrected chi connectivity index (χ3v) is 7.89. The lowest BCUT2D eigenvalue weighted by molar-refractivity contribution is -0.137. The van der Waals surface area contributed by atoms with Crippen LogP contribution in [0.15, 0.2) is 53.5 Å². The van der Waals surface area contributed by atoms with Crippen LogP contribution >= 0.6 is 23.5 Å². The fraction of sp³-hybridized carbons (Fsp3) is 0.286. The van der Waals surface area contributed by atoms with Gasteiger partial charge in [-0.25, -0.2) is 19.3 Å². The molecule has 230 valence electrons. The van der Waals surface area contributed by atoms with Crippen LogP contribution in [0.1, 0.15) is 29.5 Å². The Labute approximate surface area is 258 Å². The topological polar surface area (TPSA) is 177 Å². The average molecular weight is 689 g/mol. The lowest BCUT2D eigenvalue weighted by Crippen LogP contribution is -2.44. The number of halogens is 2. The molecule has 13 nitrogen and oxygen atoms in total. The van der Waals surface area contributed by atoms with Crippen molar-refractivity contribution >= 4 is 57.8 Å². The number of rotatable bonds is 9. The van der Waals surface area contributed by atoms with Gasteiger partial charge in [-0.05, 0) is 48.0 Å². The first-order valence-electron chi connectivity index (χ1n) is 13.3. The van der Waals surface area contributed by atoms with Crippen LogP contribution in [0.25, 0.3) is 22.0 Å². The molecular formula is C28H27BrFN6O7P. The molecule has 1 saturated heterocycles. The summed E-state index contributed by atoms with van der Waals surface area (Å²) in [5.74, 6) is -0.686. The number of aromatic nitrogens is 4. The van der Waals surface area contributed by atoms with Crippen LogP contribution in [0.4, 0.5) is 10.2 Å². The molecule has 0 spiro atoms. The van der Waals surface area contributed by atoms with Gasteiger partial charge in [-0.15, -0.1) is 0 Å². The fourth-order valence-electron chi connectivity index (χ4n) is 4.99. The number of benzene rings is 1. The second-order valence-electron chi connectivity index (χ2n) is 10.3. The first-order chi connectivity index (χ1) is 20.8. The lowest BCUT2D eigenvalue weighted by atomic mass is 10.0. The number of likely N-dealkylation sites (tertiary alicyclic amines) is 1. The monoisotopic (exact) mass is 688 g/mol. The zero-order valence-electron chi connectivity index (χ0n) is 23.5. The third kappa shape index (κ3) is 7.02. The highest BCUT2D eigenvalue weighted by Crippen LogP contribution is 2.40. The van der Waals surface area contributed by atoms with E-state index in [1.165, 1.54) is 36.1 Å². The Morgan fingerprint density at radius 1 is 1.20 bits per heavy atom. The van der Waals surface area contributed by atoms with E-state index in [-0.39, 0.29) is 42.4 Å². The van der Waals surface area contributed by atoms with Gasteiger partial charge in [-0.3, -0.25) is 18.9 Å². The van der Waals surface area contributed by atoms with Crippen LogP contribution in [0.5, 0.6) is 5.75 Å². The highest BCUT2D eigenvalue weighted by molar-refractivity contribution is 9.10. The van der Waals surface area contributed by atoms with Gasteiger partial charge in [0, 0.05) is 53.2 Å². The molecule has 1 aliphatic rings. The smallest absolute Gasteiger partial charge is 0.362 e. The van der Waals surface area contributed by atoms with E-state index in [4.69, 9.17) is 4.74 Å². The number of carbonyl (C=O) groups is 3. The standard InChI is InChI=1S/C28H27BrFN6O7P/c1-15(37)21-12-35(13-27(38)36-11-18(30)6-23(36)28(39)34-26-5-3-4-25(29)33-26)22-8-24(43-14-44(40,41)42)19(7-20(21)22)17-9-31-16(2)32-10-17/h3-5,7-10,12,18,23H,6,11,13-14H2,1-2H3,(H,33,34,39)(H2,40,41,42)/t18-,23?/m1/s1. The van der Waals surface area contributed by atoms with Crippen molar-refractivity contribution in [2.24, 2.45) is 0 Å².